The summed E-state index contributed by atoms with van der Waals surface area (Å²) < 4.78 is 0. The van der Waals surface area contributed by atoms with Crippen molar-refractivity contribution in [1.82, 2.24) is 0 Å². The van der Waals surface area contributed by atoms with E-state index in [1.807, 2.05) is 24.3 Å². The third-order valence-corrected chi connectivity index (χ3v) is 7.54. The van der Waals surface area contributed by atoms with E-state index in [1.54, 1.807) is 24.3 Å². The topological polar surface area (TPSA) is 74.6 Å². The molecule has 0 fully saturated rings. The fourth-order valence-corrected chi connectivity index (χ4v) is 5.29. The Balaban J connectivity index is 1.43. The first-order chi connectivity index (χ1) is 19.1. The highest BCUT2D eigenvalue weighted by Crippen LogP contribution is 2.35. The lowest BCUT2D eigenvalue weighted by Gasteiger charge is -2.15. The molecule has 0 unspecified atom stereocenters. The first kappa shape index (κ1) is 26.6. The summed E-state index contributed by atoms with van der Waals surface area (Å²) in [5, 5.41) is 18.4. The molecular weight excluding hydrogens is 496 g/mol. The standard InChI is InChI=1S/C36H30O4/c1-21-19-33(27-9-13-29(14-10-27)35(37)38)23(3)17-31(21)25-5-7-26(8-6-25)32-18-24(4)34(20-22(32)2)28-11-15-30(16-12-28)36(39)40/h5-20H,1-4H3,(H,37,38)(H,39,40). The Labute approximate surface area is 234 Å². The van der Waals surface area contributed by atoms with E-state index in [9.17, 15) is 19.8 Å². The molecule has 0 amide bonds. The molecule has 0 spiro atoms. The van der Waals surface area contributed by atoms with E-state index in [1.165, 1.54) is 11.1 Å². The van der Waals surface area contributed by atoms with E-state index in [0.717, 1.165) is 55.6 Å². The molecule has 0 saturated heterocycles. The Morgan fingerprint density at radius 2 is 0.600 bits per heavy atom. The molecule has 0 saturated carbocycles. The van der Waals surface area contributed by atoms with Gasteiger partial charge in [0.05, 0.1) is 11.1 Å². The molecule has 2 N–H and O–H groups in total. The monoisotopic (exact) mass is 526 g/mol. The molecule has 40 heavy (non-hydrogen) atoms. The van der Waals surface area contributed by atoms with Gasteiger partial charge in [-0.25, -0.2) is 9.59 Å². The highest BCUT2D eigenvalue weighted by Gasteiger charge is 2.13. The number of aryl methyl sites for hydroxylation is 4. The van der Waals surface area contributed by atoms with Crippen molar-refractivity contribution < 1.29 is 19.8 Å². The number of hydrogen-bond donors (Lipinski definition) is 2. The van der Waals surface area contributed by atoms with Gasteiger partial charge in [0.2, 0.25) is 0 Å². The van der Waals surface area contributed by atoms with E-state index < -0.39 is 11.9 Å². The number of carbonyl (C=O) groups is 2. The summed E-state index contributed by atoms with van der Waals surface area (Å²) in [7, 11) is 0. The minimum absolute atomic E-state index is 0.282. The zero-order chi connectivity index (χ0) is 28.6. The van der Waals surface area contributed by atoms with Crippen molar-refractivity contribution in [2.45, 2.75) is 27.7 Å². The summed E-state index contributed by atoms with van der Waals surface area (Å²) in [4.78, 5) is 22.4. The molecule has 0 heterocycles. The van der Waals surface area contributed by atoms with Crippen LogP contribution in [0.15, 0.2) is 97.1 Å². The molecule has 5 rings (SSSR count). The number of rotatable bonds is 6. The fraction of sp³-hybridized carbons (Fsp3) is 0.111. The number of aromatic carboxylic acids is 2. The molecule has 0 aliphatic carbocycles. The van der Waals surface area contributed by atoms with Gasteiger partial charge < -0.3 is 10.2 Å². The van der Waals surface area contributed by atoms with E-state index in [4.69, 9.17) is 0 Å². The van der Waals surface area contributed by atoms with Gasteiger partial charge in [0, 0.05) is 0 Å². The Kier molecular flexibility index (Phi) is 7.10. The van der Waals surface area contributed by atoms with Gasteiger partial charge in [0.25, 0.3) is 0 Å². The van der Waals surface area contributed by atoms with Gasteiger partial charge in [-0.2, -0.15) is 0 Å². The van der Waals surface area contributed by atoms with E-state index in [-0.39, 0.29) is 11.1 Å². The second-order valence-electron chi connectivity index (χ2n) is 10.3. The molecule has 0 radical (unpaired) electrons. The van der Waals surface area contributed by atoms with Crippen LogP contribution >= 0.6 is 0 Å². The highest BCUT2D eigenvalue weighted by atomic mass is 16.4. The lowest BCUT2D eigenvalue weighted by Crippen LogP contribution is -1.96. The number of carboxylic acids is 2. The van der Waals surface area contributed by atoms with Gasteiger partial charge in [-0.3, -0.25) is 0 Å². The van der Waals surface area contributed by atoms with E-state index in [2.05, 4.69) is 76.2 Å². The first-order valence-corrected chi connectivity index (χ1v) is 13.1. The predicted molar refractivity (Wildman–Crippen MR) is 161 cm³/mol. The summed E-state index contributed by atoms with van der Waals surface area (Å²) in [6.45, 7) is 8.38. The van der Waals surface area contributed by atoms with Crippen molar-refractivity contribution in [1.29, 1.82) is 0 Å². The summed E-state index contributed by atoms with van der Waals surface area (Å²) in [6.07, 6.45) is 0. The van der Waals surface area contributed by atoms with Crippen molar-refractivity contribution in [3.8, 4) is 44.5 Å². The van der Waals surface area contributed by atoms with Gasteiger partial charge >= 0.3 is 11.9 Å². The average molecular weight is 527 g/mol. The summed E-state index contributed by atoms with van der Waals surface area (Å²) in [5.41, 5.74) is 13.9. The zero-order valence-corrected chi connectivity index (χ0v) is 22.9. The highest BCUT2D eigenvalue weighted by molar-refractivity contribution is 5.89. The molecule has 0 bridgehead atoms. The summed E-state index contributed by atoms with van der Waals surface area (Å²) in [6, 6.07) is 31.4. The lowest BCUT2D eigenvalue weighted by molar-refractivity contribution is 0.0686. The normalized spacial score (nSPS) is 10.9. The Morgan fingerprint density at radius 1 is 0.400 bits per heavy atom. The van der Waals surface area contributed by atoms with Crippen molar-refractivity contribution in [3.05, 3.63) is 130 Å². The van der Waals surface area contributed by atoms with Crippen LogP contribution < -0.4 is 0 Å². The molecule has 5 aromatic carbocycles. The van der Waals surface area contributed by atoms with E-state index >= 15 is 0 Å². The van der Waals surface area contributed by atoms with Crippen LogP contribution in [0.4, 0.5) is 0 Å². The molecule has 5 aromatic rings. The minimum Gasteiger partial charge on any atom is -0.478 e. The predicted octanol–water partition coefficient (Wildman–Crippen LogP) is 8.98. The Morgan fingerprint density at radius 3 is 0.800 bits per heavy atom. The first-order valence-electron chi connectivity index (χ1n) is 13.1. The molecule has 4 nitrogen and oxygen atoms in total. The SMILES string of the molecule is Cc1cc(-c2ccc(-c3cc(C)c(-c4ccc(C(=O)O)cc4)cc3C)cc2)c(C)cc1-c1ccc(C(=O)O)cc1. The second-order valence-corrected chi connectivity index (χ2v) is 10.3. The van der Waals surface area contributed by atoms with Crippen LogP contribution in [-0.4, -0.2) is 22.2 Å². The molecule has 198 valence electrons. The minimum atomic E-state index is -0.924. The molecule has 0 atom stereocenters. The van der Waals surface area contributed by atoms with Gasteiger partial charge in [0.15, 0.2) is 0 Å². The van der Waals surface area contributed by atoms with Crippen molar-refractivity contribution in [3.63, 3.8) is 0 Å². The largest absolute Gasteiger partial charge is 0.478 e. The van der Waals surface area contributed by atoms with Crippen LogP contribution in [0.25, 0.3) is 44.5 Å². The quantitative estimate of drug-likeness (QED) is 0.231. The number of carboxylic acid groups (broad SMARTS) is 2. The fourth-order valence-electron chi connectivity index (χ4n) is 5.29. The van der Waals surface area contributed by atoms with Crippen molar-refractivity contribution in [2.75, 3.05) is 0 Å². The third-order valence-electron chi connectivity index (χ3n) is 7.54. The second kappa shape index (κ2) is 10.7. The average Bonchev–Trinajstić information content (AvgIpc) is 2.95. The van der Waals surface area contributed by atoms with Crippen LogP contribution in [0.1, 0.15) is 43.0 Å². The van der Waals surface area contributed by atoms with Crippen LogP contribution in [-0.2, 0) is 0 Å². The maximum atomic E-state index is 11.2. The maximum Gasteiger partial charge on any atom is 0.335 e. The van der Waals surface area contributed by atoms with Crippen LogP contribution in [0.5, 0.6) is 0 Å². The molecule has 0 aromatic heterocycles. The van der Waals surface area contributed by atoms with Gasteiger partial charge in [-0.05, 0) is 119 Å². The van der Waals surface area contributed by atoms with Gasteiger partial charge in [-0.1, -0.05) is 72.8 Å². The molecule has 0 aliphatic rings. The molecule has 4 heteroatoms. The van der Waals surface area contributed by atoms with Crippen LogP contribution in [0.3, 0.4) is 0 Å². The third kappa shape index (κ3) is 5.16. The molecule has 0 aliphatic heterocycles. The maximum absolute atomic E-state index is 11.2. The number of hydrogen-bond acceptors (Lipinski definition) is 2. The van der Waals surface area contributed by atoms with Gasteiger partial charge in [0.1, 0.15) is 0 Å². The molecular formula is C36H30O4. The Hall–Kier alpha value is -4.96. The van der Waals surface area contributed by atoms with Crippen molar-refractivity contribution >= 4 is 11.9 Å². The lowest BCUT2D eigenvalue weighted by atomic mass is 9.89. The van der Waals surface area contributed by atoms with Crippen molar-refractivity contribution in [2.24, 2.45) is 0 Å². The smallest absolute Gasteiger partial charge is 0.335 e. The van der Waals surface area contributed by atoms with Crippen LogP contribution in [0.2, 0.25) is 0 Å². The van der Waals surface area contributed by atoms with Crippen LogP contribution in [0, 0.1) is 27.7 Å². The van der Waals surface area contributed by atoms with Gasteiger partial charge in [-0.15, -0.1) is 0 Å². The van der Waals surface area contributed by atoms with E-state index in [0.29, 0.717) is 0 Å². The summed E-state index contributed by atoms with van der Waals surface area (Å²) >= 11 is 0. The number of benzene rings is 5. The Bertz CT molecular complexity index is 1610. The zero-order valence-electron chi connectivity index (χ0n) is 22.9. The summed E-state index contributed by atoms with van der Waals surface area (Å²) in [5.74, 6) is -1.85.